The van der Waals surface area contributed by atoms with Gasteiger partial charge in [0.05, 0.1) is 73.9 Å². The van der Waals surface area contributed by atoms with Crippen LogP contribution < -0.4 is 16.5 Å². The monoisotopic (exact) mass is 1720 g/mol. The molecule has 0 fully saturated rings. The molecule has 0 heterocycles. The number of hydrogen-bond acceptors (Lipinski definition) is 8. The average Bonchev–Trinajstić information content (AvgIpc) is 3.10. The molecule has 0 radical (unpaired) electrons. The summed E-state index contributed by atoms with van der Waals surface area (Å²) in [5, 5.41) is 0. The van der Waals surface area contributed by atoms with Crippen LogP contribution in [-0.4, -0.2) is 181 Å². The van der Waals surface area contributed by atoms with Gasteiger partial charge in [-0.15, -0.1) is 0 Å². The molecule has 8 nitrogen and oxygen atoms in total. The molecule has 0 aliphatic rings. The first-order valence-corrected chi connectivity index (χ1v) is 71.5. The summed E-state index contributed by atoms with van der Waals surface area (Å²) in [6.07, 6.45) is 17.5. The van der Waals surface area contributed by atoms with Crippen LogP contribution in [0.15, 0.2) is 0 Å². The van der Waals surface area contributed by atoms with Crippen molar-refractivity contribution in [2.45, 2.75) is 240 Å². The number of hydrogen-bond donors (Lipinski definition) is 0. The minimum atomic E-state index is -4.71. The van der Waals surface area contributed by atoms with Crippen molar-refractivity contribution < 1.29 is 58.7 Å². The zero-order chi connectivity index (χ0) is 58.1. The van der Waals surface area contributed by atoms with Crippen molar-refractivity contribution in [2.75, 3.05) is 73.9 Å². The molecule has 0 rings (SSSR count). The molecular formula is C48H136Ge2N4O4P4Pt2Si8+4. The van der Waals surface area contributed by atoms with Gasteiger partial charge in [-0.25, -0.2) is 0 Å². The third kappa shape index (κ3) is 40.8. The van der Waals surface area contributed by atoms with Crippen LogP contribution in [0.4, 0.5) is 0 Å². The molecule has 0 aromatic carbocycles. The minimum Gasteiger partial charge on any atom is 2.00 e. The zero-order valence-electron chi connectivity index (χ0n) is 55.5. The summed E-state index contributed by atoms with van der Waals surface area (Å²) in [6, 6.07) is 0. The quantitative estimate of drug-likeness (QED) is 0.0695. The Bertz CT molecular complexity index is 1020. The molecule has 448 valence electrons. The van der Waals surface area contributed by atoms with Gasteiger partial charge in [0.2, 0.25) is 0 Å². The minimum absolute atomic E-state index is 0. The summed E-state index contributed by atoms with van der Waals surface area (Å²) in [7, 11) is -14.8. The van der Waals surface area contributed by atoms with Crippen LogP contribution >= 0.6 is 31.7 Å². The normalized spacial score (nSPS) is 13.3. The Morgan fingerprint density at radius 3 is 0.319 bits per heavy atom. The molecule has 0 spiro atoms. The molecule has 0 unspecified atom stereocenters. The topological polar surface area (TPSA) is 105 Å². The molecule has 0 aromatic rings. The molecule has 0 aromatic heterocycles. The Balaban J connectivity index is -0.000000123. The summed E-state index contributed by atoms with van der Waals surface area (Å²) in [5.41, 5.74) is 0. The van der Waals surface area contributed by atoms with Crippen molar-refractivity contribution >= 4 is 126 Å². The average molecular weight is 1720 g/mol. The first-order valence-electron chi connectivity index (χ1n) is 28.2. The van der Waals surface area contributed by atoms with Gasteiger partial charge in [0.1, 0.15) is 0 Å². The van der Waals surface area contributed by atoms with Crippen molar-refractivity contribution in [3.8, 4) is 0 Å². The van der Waals surface area contributed by atoms with E-state index in [1.54, 1.807) is 0 Å². The van der Waals surface area contributed by atoms with Crippen molar-refractivity contribution in [3.05, 3.63) is 0 Å². The molecular weight excluding hydrogens is 1580 g/mol. The molecule has 0 aliphatic carbocycles. The molecule has 24 heteroatoms. The number of nitrogens with zero attached hydrogens (tertiary/aromatic N) is 4. The van der Waals surface area contributed by atoms with Crippen LogP contribution in [0.25, 0.3) is 0 Å². The van der Waals surface area contributed by atoms with Crippen molar-refractivity contribution in [1.29, 1.82) is 0 Å². The van der Waals surface area contributed by atoms with E-state index >= 15 is 0 Å². The second-order valence-electron chi connectivity index (χ2n) is 27.0. The van der Waals surface area contributed by atoms with Crippen molar-refractivity contribution in [2.24, 2.45) is 0 Å². The van der Waals surface area contributed by atoms with E-state index in [4.69, 9.17) is 0 Å². The SMILES string of the molecule is CC[PH+](CC)CC.CC[PH+](CC)CC.CC[PH+](CC)CC.CC[PH+](CC)CC.C[Si](C)(C)[N]([Si](C)(C)C)[Ge]([O-])([O-])[N]([Si](C)(C)C)[Si](C)(C)C.C[Si](C)(C)[N]([Si](C)(C)C)[Ge]([O-])([O-])[N]([Si](C)(C)C)[Si](C)(C)C.[Pt+2].[Pt+2]. The molecule has 0 saturated heterocycles. The molecule has 0 bridgehead atoms. The maximum Gasteiger partial charge on any atom is 2.00 e. The summed E-state index contributed by atoms with van der Waals surface area (Å²) < 4.78 is 63.2. The van der Waals surface area contributed by atoms with E-state index in [-0.39, 0.29) is 73.8 Å². The Labute approximate surface area is 506 Å². The summed E-state index contributed by atoms with van der Waals surface area (Å²) >= 11 is -9.42. The van der Waals surface area contributed by atoms with Gasteiger partial charge in [0, 0.05) is 0 Å². The van der Waals surface area contributed by atoms with Gasteiger partial charge in [-0.2, -0.15) is 0 Å². The molecule has 0 amide bonds. The van der Waals surface area contributed by atoms with Gasteiger partial charge in [0.25, 0.3) is 0 Å². The van der Waals surface area contributed by atoms with Crippen LogP contribution in [0.3, 0.4) is 0 Å². The smallest absolute Gasteiger partial charge is 2.00 e. The maximum atomic E-state index is 13.7. The van der Waals surface area contributed by atoms with Gasteiger partial charge < -0.3 is 0 Å². The van der Waals surface area contributed by atoms with Gasteiger partial charge >= 0.3 is 323 Å². The van der Waals surface area contributed by atoms with Gasteiger partial charge in [0.15, 0.2) is 0 Å². The molecule has 0 aliphatic heterocycles. The van der Waals surface area contributed by atoms with Crippen LogP contribution in [0, 0.1) is 0 Å². The predicted octanol–water partition coefficient (Wildman–Crippen LogP) is 13.2. The van der Waals surface area contributed by atoms with Gasteiger partial charge in [-0.1, -0.05) is 0 Å². The fourth-order valence-corrected chi connectivity index (χ4v) is 107. The van der Waals surface area contributed by atoms with E-state index in [2.05, 4.69) is 253 Å². The van der Waals surface area contributed by atoms with Crippen LogP contribution in [0.5, 0.6) is 0 Å². The second kappa shape index (κ2) is 42.4. The third-order valence-electron chi connectivity index (χ3n) is 12.5. The van der Waals surface area contributed by atoms with Crippen LogP contribution in [0.1, 0.15) is 83.1 Å². The molecule has 0 saturated carbocycles. The second-order valence-corrected chi connectivity index (χ2v) is 97.5. The largest absolute Gasteiger partial charge is 2.00 e. The Kier molecular flexibility index (Phi) is 55.4. The molecule has 0 N–H and O–H groups in total. The van der Waals surface area contributed by atoms with E-state index in [0.29, 0.717) is 0 Å². The standard InChI is InChI=1S/2C12H36GeN2O2Si4.4C6H15P.2Pt/c2*1-18(2,3)14(19(4,5)6)13(16,17)15(20(7,8)9)21(10,11)12;4*1-4-7(5-2)6-3;;/h2*1-12H3;4*4-6H2,1-3H3;;/q2*-2;;;;;2*+2/p+4. The Morgan fingerprint density at radius 1 is 0.222 bits per heavy atom. The first kappa shape index (κ1) is 94.0. The van der Waals surface area contributed by atoms with E-state index in [1.807, 2.05) is 0 Å². The number of rotatable bonds is 24. The van der Waals surface area contributed by atoms with Gasteiger partial charge in [-0.05, 0) is 115 Å². The fraction of sp³-hybridized carbons (Fsp3) is 1.00. The van der Waals surface area contributed by atoms with E-state index < -0.39 is 94.7 Å². The predicted molar refractivity (Wildman–Crippen MR) is 365 cm³/mol. The summed E-state index contributed by atoms with van der Waals surface area (Å²) in [4.78, 5) is 0. The Morgan fingerprint density at radius 2 is 0.292 bits per heavy atom. The van der Waals surface area contributed by atoms with E-state index in [1.165, 1.54) is 73.9 Å². The van der Waals surface area contributed by atoms with Gasteiger partial charge in [-0.3, -0.25) is 0 Å². The Hall–Kier alpha value is 5.60. The summed E-state index contributed by atoms with van der Waals surface area (Å²) in [6.45, 7) is 79.9. The summed E-state index contributed by atoms with van der Waals surface area (Å²) in [5.74, 6) is 0. The molecule has 0 atom stereocenters. The fourth-order valence-electron chi connectivity index (χ4n) is 10.6. The zero-order valence-corrected chi connectivity index (χ0v) is 76.3. The van der Waals surface area contributed by atoms with E-state index in [0.717, 1.165) is 0 Å². The third-order valence-corrected chi connectivity index (χ3v) is 102. The van der Waals surface area contributed by atoms with Crippen LogP contribution in [0.2, 0.25) is 157 Å². The van der Waals surface area contributed by atoms with Crippen molar-refractivity contribution in [3.63, 3.8) is 0 Å². The maximum absolute atomic E-state index is 13.7. The van der Waals surface area contributed by atoms with Crippen LogP contribution in [-0.2, 0) is 42.1 Å². The molecule has 72 heavy (non-hydrogen) atoms. The first-order chi connectivity index (χ1) is 30.8. The van der Waals surface area contributed by atoms with E-state index in [9.17, 15) is 16.5 Å². The van der Waals surface area contributed by atoms with Crippen molar-refractivity contribution in [1.82, 2.24) is 12.8 Å².